The number of hydrogen-bond donors (Lipinski definition) is 2. The fourth-order valence-corrected chi connectivity index (χ4v) is 5.52. The summed E-state index contributed by atoms with van der Waals surface area (Å²) >= 11 is 0.417. The molecule has 3 aliphatic rings. The highest BCUT2D eigenvalue weighted by molar-refractivity contribution is 7.92. The summed E-state index contributed by atoms with van der Waals surface area (Å²) in [5, 5.41) is 5.20. The summed E-state index contributed by atoms with van der Waals surface area (Å²) < 4.78 is 25.3. The van der Waals surface area contributed by atoms with Gasteiger partial charge in [0.15, 0.2) is 22.7 Å². The number of aryl methyl sites for hydroxylation is 1. The van der Waals surface area contributed by atoms with Crippen molar-refractivity contribution in [2.24, 2.45) is 0 Å². The van der Waals surface area contributed by atoms with Gasteiger partial charge in [0.05, 0.1) is 24.8 Å². The molecular formula is C18H22N5O4S2+. The molecule has 154 valence electrons. The lowest BCUT2D eigenvalue weighted by Crippen LogP contribution is -2.53. The van der Waals surface area contributed by atoms with Crippen LogP contribution >= 0.6 is 11.5 Å². The molecule has 29 heavy (non-hydrogen) atoms. The summed E-state index contributed by atoms with van der Waals surface area (Å²) in [4.78, 5) is 24.4. The fraction of sp³-hybridized carbons (Fsp3) is 0.556. The van der Waals surface area contributed by atoms with Crippen LogP contribution in [0.5, 0.6) is 0 Å². The zero-order chi connectivity index (χ0) is 19.8. The molecule has 0 radical (unpaired) electrons. The van der Waals surface area contributed by atoms with Crippen molar-refractivity contribution in [3.8, 4) is 0 Å². The molecule has 1 unspecified atom stereocenters. The molecule has 2 aromatic heterocycles. The molecule has 2 N–H and O–H groups in total. The average Bonchev–Trinajstić information content (AvgIpc) is 3.35. The highest BCUT2D eigenvalue weighted by atomic mass is 32.2. The van der Waals surface area contributed by atoms with E-state index in [0.29, 0.717) is 30.4 Å². The summed E-state index contributed by atoms with van der Waals surface area (Å²) in [6, 6.07) is 0.289. The number of carbonyl (C=O) groups is 1. The summed E-state index contributed by atoms with van der Waals surface area (Å²) in [5.41, 5.74) is 1.40. The standard InChI is InChI=1S/C18H22N5O4S2/c24-17(11-7-19-28-10-11)27-13-8-23(9-13)18-21-14-3-6-29(25)15(14)16(22-18)20-12-1-4-26-5-2-12/h7,10,12-13,25H,1-6,8-9H2,(H,20,21,22)/q+1. The zero-order valence-electron chi connectivity index (χ0n) is 15.7. The van der Waals surface area contributed by atoms with Crippen LogP contribution in [-0.4, -0.2) is 69.1 Å². The maximum atomic E-state index is 12.1. The molecule has 0 saturated carbocycles. The number of carbonyl (C=O) groups excluding carboxylic acids is 1. The first kappa shape index (κ1) is 19.0. The van der Waals surface area contributed by atoms with E-state index in [4.69, 9.17) is 19.4 Å². The number of aromatic nitrogens is 3. The van der Waals surface area contributed by atoms with Crippen LogP contribution in [0.25, 0.3) is 0 Å². The van der Waals surface area contributed by atoms with E-state index >= 15 is 0 Å². The minimum absolute atomic E-state index is 0.182. The highest BCUT2D eigenvalue weighted by Crippen LogP contribution is 2.34. The molecule has 9 nitrogen and oxygen atoms in total. The van der Waals surface area contributed by atoms with Crippen LogP contribution in [0.4, 0.5) is 11.8 Å². The monoisotopic (exact) mass is 436 g/mol. The second kappa shape index (κ2) is 8.05. The second-order valence-corrected chi connectivity index (χ2v) is 9.55. The van der Waals surface area contributed by atoms with E-state index in [9.17, 15) is 9.35 Å². The lowest BCUT2D eigenvalue weighted by Gasteiger charge is -2.38. The SMILES string of the molecule is O=C(OC1CN(c2nc3c(c(NC4CCOCC4)n2)[S+](O)CC3)C1)c1cnsc1. The van der Waals surface area contributed by atoms with Crippen molar-refractivity contribution in [2.75, 3.05) is 42.3 Å². The minimum atomic E-state index is -0.813. The molecule has 0 aliphatic carbocycles. The van der Waals surface area contributed by atoms with Crippen LogP contribution in [0, 0.1) is 0 Å². The first-order valence-electron chi connectivity index (χ1n) is 9.68. The molecule has 1 atom stereocenters. The maximum Gasteiger partial charge on any atom is 0.341 e. The number of rotatable bonds is 5. The van der Waals surface area contributed by atoms with Crippen molar-refractivity contribution in [1.82, 2.24) is 14.3 Å². The predicted octanol–water partition coefficient (Wildman–Crippen LogP) is 1.58. The lowest BCUT2D eigenvalue weighted by molar-refractivity contribution is 0.0231. The minimum Gasteiger partial charge on any atom is -0.455 e. The van der Waals surface area contributed by atoms with Crippen LogP contribution in [0.2, 0.25) is 0 Å². The topological polar surface area (TPSA) is 110 Å². The van der Waals surface area contributed by atoms with E-state index < -0.39 is 11.2 Å². The predicted molar refractivity (Wildman–Crippen MR) is 110 cm³/mol. The number of hydrogen-bond acceptors (Lipinski definition) is 10. The van der Waals surface area contributed by atoms with Crippen LogP contribution < -0.4 is 10.2 Å². The number of nitrogens with zero attached hydrogens (tertiary/aromatic N) is 4. The Kier molecular flexibility index (Phi) is 5.29. The van der Waals surface area contributed by atoms with Gasteiger partial charge in [0.1, 0.15) is 11.8 Å². The molecule has 5 rings (SSSR count). The molecule has 2 fully saturated rings. The normalized spacial score (nSPS) is 22.2. The Morgan fingerprint density at radius 3 is 2.93 bits per heavy atom. The van der Waals surface area contributed by atoms with Crippen LogP contribution in [0.15, 0.2) is 16.5 Å². The van der Waals surface area contributed by atoms with Gasteiger partial charge in [-0.2, -0.15) is 9.54 Å². The Bertz CT molecular complexity index is 885. The third kappa shape index (κ3) is 3.91. The van der Waals surface area contributed by atoms with E-state index in [0.717, 1.165) is 48.9 Å². The molecule has 0 spiro atoms. The molecule has 3 aliphatic heterocycles. The van der Waals surface area contributed by atoms with Gasteiger partial charge in [-0.25, -0.2) is 14.2 Å². The van der Waals surface area contributed by atoms with Gasteiger partial charge in [-0.1, -0.05) is 0 Å². The van der Waals surface area contributed by atoms with Gasteiger partial charge in [0.25, 0.3) is 4.90 Å². The van der Waals surface area contributed by atoms with Crippen molar-refractivity contribution in [3.63, 3.8) is 0 Å². The molecule has 0 bridgehead atoms. The third-order valence-corrected chi connectivity index (χ3v) is 7.40. The van der Waals surface area contributed by atoms with E-state index in [-0.39, 0.29) is 18.1 Å². The van der Waals surface area contributed by atoms with Crippen molar-refractivity contribution < 1.29 is 18.8 Å². The second-order valence-electron chi connectivity index (χ2n) is 7.34. The van der Waals surface area contributed by atoms with Gasteiger partial charge in [-0.3, -0.25) is 0 Å². The zero-order valence-corrected chi connectivity index (χ0v) is 17.4. The van der Waals surface area contributed by atoms with E-state index in [1.807, 2.05) is 4.90 Å². The van der Waals surface area contributed by atoms with Crippen molar-refractivity contribution in [1.29, 1.82) is 0 Å². The Hall–Kier alpha value is -1.95. The molecule has 2 saturated heterocycles. The van der Waals surface area contributed by atoms with Gasteiger partial charge in [-0.05, 0) is 24.4 Å². The van der Waals surface area contributed by atoms with Crippen LogP contribution in [0.1, 0.15) is 28.9 Å². The van der Waals surface area contributed by atoms with Gasteiger partial charge in [-0.15, -0.1) is 0 Å². The molecular weight excluding hydrogens is 414 g/mol. The molecule has 0 aromatic carbocycles. The number of anilines is 2. The van der Waals surface area contributed by atoms with Gasteiger partial charge in [0.2, 0.25) is 5.95 Å². The molecule has 2 aromatic rings. The molecule has 5 heterocycles. The first-order chi connectivity index (χ1) is 14.2. The van der Waals surface area contributed by atoms with Crippen LogP contribution in [-0.2, 0) is 27.1 Å². The van der Waals surface area contributed by atoms with Gasteiger partial charge >= 0.3 is 5.97 Å². The van der Waals surface area contributed by atoms with Crippen LogP contribution in [0.3, 0.4) is 0 Å². The molecule has 11 heteroatoms. The van der Waals surface area contributed by atoms with Crippen molar-refractivity contribution >= 4 is 40.4 Å². The lowest BCUT2D eigenvalue weighted by atomic mass is 10.1. The molecule has 0 amide bonds. The number of ether oxygens (including phenoxy) is 2. The van der Waals surface area contributed by atoms with E-state index in [1.54, 1.807) is 5.38 Å². The third-order valence-electron chi connectivity index (χ3n) is 5.33. The number of fused-ring (bicyclic) bond motifs is 1. The van der Waals surface area contributed by atoms with E-state index in [1.165, 1.54) is 17.7 Å². The van der Waals surface area contributed by atoms with Gasteiger partial charge < -0.3 is 19.7 Å². The number of nitrogens with one attached hydrogen (secondary N) is 1. The Morgan fingerprint density at radius 2 is 2.17 bits per heavy atom. The smallest absolute Gasteiger partial charge is 0.341 e. The Balaban J connectivity index is 1.28. The van der Waals surface area contributed by atoms with Gasteiger partial charge in [0, 0.05) is 31.1 Å². The first-order valence-corrected chi connectivity index (χ1v) is 11.9. The highest BCUT2D eigenvalue weighted by Gasteiger charge is 2.40. The summed E-state index contributed by atoms with van der Waals surface area (Å²) in [7, 11) is 0. The van der Waals surface area contributed by atoms with Crippen molar-refractivity contribution in [2.45, 2.75) is 36.3 Å². The summed E-state index contributed by atoms with van der Waals surface area (Å²) in [5.74, 6) is 1.72. The van der Waals surface area contributed by atoms with E-state index in [2.05, 4.69) is 9.69 Å². The quantitative estimate of drug-likeness (QED) is 0.533. The fourth-order valence-electron chi connectivity index (χ4n) is 3.67. The van der Waals surface area contributed by atoms with Crippen molar-refractivity contribution in [3.05, 3.63) is 22.8 Å². The largest absolute Gasteiger partial charge is 0.455 e. The number of esters is 1. The average molecular weight is 437 g/mol. The summed E-state index contributed by atoms with van der Waals surface area (Å²) in [6.07, 6.45) is 3.94. The Morgan fingerprint density at radius 1 is 1.34 bits per heavy atom. The summed E-state index contributed by atoms with van der Waals surface area (Å²) in [6.45, 7) is 2.59. The Labute approximate surface area is 175 Å². The maximum absolute atomic E-state index is 12.1.